The number of hydrogen-bond donors (Lipinski definition) is 4. The number of nitrogens with two attached hydrogens (primary N) is 1. The number of hydrogen-bond acceptors (Lipinski definition) is 2. The van der Waals surface area contributed by atoms with Crippen molar-refractivity contribution in [1.82, 2.24) is 15.3 Å². The molecule has 0 atom stereocenters. The number of carbonyl (C=O) groups is 1. The van der Waals surface area contributed by atoms with E-state index in [0.29, 0.717) is 29.9 Å². The molecule has 5 nitrogen and oxygen atoms in total. The zero-order chi connectivity index (χ0) is 19.1. The molecular weight excluding hydrogens is 343 g/mol. The van der Waals surface area contributed by atoms with Crippen LogP contribution in [-0.4, -0.2) is 22.4 Å². The fourth-order valence-corrected chi connectivity index (χ4v) is 3.63. The Labute approximate surface area is 155 Å². The van der Waals surface area contributed by atoms with Gasteiger partial charge >= 0.3 is 0 Å². The van der Waals surface area contributed by atoms with Gasteiger partial charge in [0.2, 0.25) is 0 Å². The molecule has 0 aliphatic carbocycles. The van der Waals surface area contributed by atoms with Crippen molar-refractivity contribution in [3.8, 4) is 0 Å². The molecule has 2 heterocycles. The van der Waals surface area contributed by atoms with Crippen molar-refractivity contribution < 1.29 is 9.18 Å². The Balaban J connectivity index is 1.51. The number of amides is 1. The van der Waals surface area contributed by atoms with Gasteiger partial charge in [-0.3, -0.25) is 4.79 Å². The van der Waals surface area contributed by atoms with Crippen LogP contribution in [0, 0.1) is 19.7 Å². The highest BCUT2D eigenvalue weighted by molar-refractivity contribution is 5.98. The number of nitrogen functional groups attached to an aromatic ring is 1. The first kappa shape index (κ1) is 17.1. The monoisotopic (exact) mass is 364 g/mol. The fourth-order valence-electron chi connectivity index (χ4n) is 3.63. The molecule has 2 aromatic carbocycles. The lowest BCUT2D eigenvalue weighted by atomic mass is 10.0. The first-order valence-electron chi connectivity index (χ1n) is 8.86. The molecule has 1 amide bonds. The molecule has 138 valence electrons. The highest BCUT2D eigenvalue weighted by Gasteiger charge is 2.15. The lowest BCUT2D eigenvalue weighted by Crippen LogP contribution is -2.26. The van der Waals surface area contributed by atoms with Crippen LogP contribution in [0.1, 0.15) is 27.3 Å². The molecule has 0 radical (unpaired) electrons. The maximum absolute atomic E-state index is 14.0. The minimum Gasteiger partial charge on any atom is -0.399 e. The van der Waals surface area contributed by atoms with Gasteiger partial charge in [-0.15, -0.1) is 0 Å². The van der Waals surface area contributed by atoms with E-state index in [0.717, 1.165) is 33.1 Å². The molecule has 0 fully saturated rings. The van der Waals surface area contributed by atoms with Crippen molar-refractivity contribution in [1.29, 1.82) is 0 Å². The van der Waals surface area contributed by atoms with E-state index in [9.17, 15) is 9.18 Å². The second kappa shape index (κ2) is 6.46. The number of anilines is 1. The van der Waals surface area contributed by atoms with Crippen LogP contribution in [0.15, 0.2) is 36.4 Å². The van der Waals surface area contributed by atoms with Crippen molar-refractivity contribution in [2.24, 2.45) is 0 Å². The van der Waals surface area contributed by atoms with E-state index in [4.69, 9.17) is 5.73 Å². The lowest BCUT2D eigenvalue weighted by Gasteiger charge is -2.06. The van der Waals surface area contributed by atoms with E-state index in [-0.39, 0.29) is 11.7 Å². The van der Waals surface area contributed by atoms with E-state index in [1.807, 2.05) is 26.0 Å². The SMILES string of the molecule is Cc1[nH]c2c(F)ccc(C)c2c1CCNC(=O)c1cc2cc(N)ccc2[nH]1. The number of nitrogens with one attached hydrogen (secondary N) is 3. The van der Waals surface area contributed by atoms with Crippen LogP contribution in [0.4, 0.5) is 10.1 Å². The predicted molar refractivity (Wildman–Crippen MR) is 106 cm³/mol. The van der Waals surface area contributed by atoms with Crippen LogP contribution in [0.25, 0.3) is 21.8 Å². The highest BCUT2D eigenvalue weighted by atomic mass is 19.1. The summed E-state index contributed by atoms with van der Waals surface area (Å²) >= 11 is 0. The Bertz CT molecular complexity index is 1170. The standard InChI is InChI=1S/C21H21FN4O/c1-11-3-5-16(22)20-19(11)15(12(2)25-20)7-8-24-21(27)18-10-13-9-14(23)4-6-17(13)26-18/h3-6,9-10,25-26H,7-8,23H2,1-2H3,(H,24,27). The summed E-state index contributed by atoms with van der Waals surface area (Å²) in [5.41, 5.74) is 11.3. The summed E-state index contributed by atoms with van der Waals surface area (Å²) in [5.74, 6) is -0.434. The zero-order valence-electron chi connectivity index (χ0n) is 15.2. The van der Waals surface area contributed by atoms with Crippen LogP contribution < -0.4 is 11.1 Å². The summed E-state index contributed by atoms with van der Waals surface area (Å²) in [6.45, 7) is 4.35. The minimum absolute atomic E-state index is 0.176. The third kappa shape index (κ3) is 3.03. The Morgan fingerprint density at radius 2 is 1.96 bits per heavy atom. The molecule has 0 aliphatic heterocycles. The number of halogens is 1. The molecule has 5 N–H and O–H groups in total. The van der Waals surface area contributed by atoms with Gasteiger partial charge in [0.1, 0.15) is 11.5 Å². The number of rotatable bonds is 4. The van der Waals surface area contributed by atoms with Crippen molar-refractivity contribution in [3.63, 3.8) is 0 Å². The summed E-state index contributed by atoms with van der Waals surface area (Å²) in [4.78, 5) is 18.7. The molecule has 2 aromatic heterocycles. The Kier molecular flexibility index (Phi) is 4.11. The molecule has 0 bridgehead atoms. The van der Waals surface area contributed by atoms with E-state index in [1.165, 1.54) is 6.07 Å². The van der Waals surface area contributed by atoms with E-state index in [1.54, 1.807) is 18.2 Å². The second-order valence-electron chi connectivity index (χ2n) is 6.88. The zero-order valence-corrected chi connectivity index (χ0v) is 15.2. The summed E-state index contributed by atoms with van der Waals surface area (Å²) in [7, 11) is 0. The largest absolute Gasteiger partial charge is 0.399 e. The minimum atomic E-state index is -0.258. The van der Waals surface area contributed by atoms with Crippen molar-refractivity contribution in [2.75, 3.05) is 12.3 Å². The number of H-pyrrole nitrogens is 2. The number of fused-ring (bicyclic) bond motifs is 2. The molecule has 0 aliphatic rings. The molecule has 6 heteroatoms. The average molecular weight is 364 g/mol. The molecule has 4 aromatic rings. The number of aromatic nitrogens is 2. The summed E-state index contributed by atoms with van der Waals surface area (Å²) in [6, 6.07) is 10.5. The van der Waals surface area contributed by atoms with Gasteiger partial charge in [0.05, 0.1) is 5.52 Å². The Hall–Kier alpha value is -3.28. The van der Waals surface area contributed by atoms with Crippen LogP contribution in [0.3, 0.4) is 0 Å². The molecule has 0 unspecified atom stereocenters. The predicted octanol–water partition coefficient (Wildman–Crippen LogP) is 3.96. The Morgan fingerprint density at radius 3 is 2.78 bits per heavy atom. The van der Waals surface area contributed by atoms with Gasteiger partial charge in [-0.25, -0.2) is 4.39 Å². The number of benzene rings is 2. The van der Waals surface area contributed by atoms with Crippen molar-refractivity contribution >= 4 is 33.4 Å². The van der Waals surface area contributed by atoms with E-state index < -0.39 is 0 Å². The number of aromatic amines is 2. The number of aryl methyl sites for hydroxylation is 2. The Morgan fingerprint density at radius 1 is 1.15 bits per heavy atom. The van der Waals surface area contributed by atoms with Gasteiger partial charge < -0.3 is 21.0 Å². The van der Waals surface area contributed by atoms with E-state index >= 15 is 0 Å². The van der Waals surface area contributed by atoms with Gasteiger partial charge in [-0.05, 0) is 61.7 Å². The van der Waals surface area contributed by atoms with Gasteiger partial charge in [-0.1, -0.05) is 6.07 Å². The highest BCUT2D eigenvalue weighted by Crippen LogP contribution is 2.27. The summed E-state index contributed by atoms with van der Waals surface area (Å²) < 4.78 is 14.0. The van der Waals surface area contributed by atoms with Crippen molar-refractivity contribution in [3.05, 3.63) is 64.7 Å². The second-order valence-corrected chi connectivity index (χ2v) is 6.88. The van der Waals surface area contributed by atoms with Gasteiger partial charge in [-0.2, -0.15) is 0 Å². The third-order valence-electron chi connectivity index (χ3n) is 4.98. The first-order valence-corrected chi connectivity index (χ1v) is 8.86. The van der Waals surface area contributed by atoms with Crippen LogP contribution in [-0.2, 0) is 6.42 Å². The molecule has 27 heavy (non-hydrogen) atoms. The lowest BCUT2D eigenvalue weighted by molar-refractivity contribution is 0.0950. The van der Waals surface area contributed by atoms with Crippen LogP contribution >= 0.6 is 0 Å². The topological polar surface area (TPSA) is 86.7 Å². The normalized spacial score (nSPS) is 11.4. The molecular formula is C21H21FN4O. The average Bonchev–Trinajstić information content (AvgIpc) is 3.20. The van der Waals surface area contributed by atoms with Gasteiger partial charge in [0, 0.05) is 34.2 Å². The van der Waals surface area contributed by atoms with Gasteiger partial charge in [0.15, 0.2) is 0 Å². The maximum Gasteiger partial charge on any atom is 0.267 e. The summed E-state index contributed by atoms with van der Waals surface area (Å²) in [6.07, 6.45) is 0.620. The van der Waals surface area contributed by atoms with Crippen LogP contribution in [0.5, 0.6) is 0 Å². The quantitative estimate of drug-likeness (QED) is 0.413. The van der Waals surface area contributed by atoms with Crippen LogP contribution in [0.2, 0.25) is 0 Å². The molecule has 0 saturated heterocycles. The maximum atomic E-state index is 14.0. The smallest absolute Gasteiger partial charge is 0.267 e. The number of carbonyl (C=O) groups excluding carboxylic acids is 1. The fraction of sp³-hybridized carbons (Fsp3) is 0.190. The van der Waals surface area contributed by atoms with E-state index in [2.05, 4.69) is 15.3 Å². The summed E-state index contributed by atoms with van der Waals surface area (Å²) in [5, 5.41) is 4.74. The molecule has 0 saturated carbocycles. The van der Waals surface area contributed by atoms with Crippen molar-refractivity contribution in [2.45, 2.75) is 20.3 Å². The van der Waals surface area contributed by atoms with Gasteiger partial charge in [0.25, 0.3) is 5.91 Å². The molecule has 0 spiro atoms. The third-order valence-corrected chi connectivity index (χ3v) is 4.98. The first-order chi connectivity index (χ1) is 12.9. The molecule has 4 rings (SSSR count).